The second kappa shape index (κ2) is 8.19. The van der Waals surface area contributed by atoms with Crippen LogP contribution in [0.2, 0.25) is 5.02 Å². The Hall–Kier alpha value is -2.60. The minimum Gasteiger partial charge on any atom is -0.382 e. The Morgan fingerprint density at radius 1 is 1.15 bits per heavy atom. The highest BCUT2D eigenvalue weighted by Crippen LogP contribution is 2.15. The molecule has 0 fully saturated rings. The van der Waals surface area contributed by atoms with Crippen molar-refractivity contribution in [2.45, 2.75) is 33.4 Å². The first-order chi connectivity index (χ1) is 12.5. The summed E-state index contributed by atoms with van der Waals surface area (Å²) in [5.74, 6) is 0. The predicted octanol–water partition coefficient (Wildman–Crippen LogP) is 3.26. The molecular formula is C19H22ClN5O. The molecule has 6 nitrogen and oxygen atoms in total. The summed E-state index contributed by atoms with van der Waals surface area (Å²) >= 11 is 6.24. The van der Waals surface area contributed by atoms with E-state index in [4.69, 9.17) is 11.6 Å². The van der Waals surface area contributed by atoms with Crippen molar-refractivity contribution in [1.82, 2.24) is 19.6 Å². The molecule has 0 aliphatic carbocycles. The van der Waals surface area contributed by atoms with Crippen LogP contribution < -0.4 is 10.9 Å². The fraction of sp³-hybridized carbons (Fsp3) is 0.316. The molecular weight excluding hydrogens is 350 g/mol. The number of halogens is 1. The molecule has 0 bridgehead atoms. The van der Waals surface area contributed by atoms with Gasteiger partial charge in [0.1, 0.15) is 5.02 Å². The highest BCUT2D eigenvalue weighted by Gasteiger charge is 2.09. The second-order valence-electron chi connectivity index (χ2n) is 6.25. The van der Waals surface area contributed by atoms with E-state index in [1.807, 2.05) is 48.9 Å². The highest BCUT2D eigenvalue weighted by molar-refractivity contribution is 6.32. The number of nitrogens with zero attached hydrogens (tertiary/aromatic N) is 4. The van der Waals surface area contributed by atoms with Crippen LogP contribution >= 0.6 is 11.6 Å². The Morgan fingerprint density at radius 2 is 1.92 bits per heavy atom. The van der Waals surface area contributed by atoms with Crippen molar-refractivity contribution in [3.63, 3.8) is 0 Å². The molecule has 7 heteroatoms. The van der Waals surface area contributed by atoms with Crippen LogP contribution in [0.25, 0.3) is 0 Å². The van der Waals surface area contributed by atoms with Crippen LogP contribution in [0, 0.1) is 13.8 Å². The van der Waals surface area contributed by atoms with E-state index in [-0.39, 0.29) is 10.6 Å². The van der Waals surface area contributed by atoms with E-state index in [0.717, 1.165) is 29.9 Å². The monoisotopic (exact) mass is 371 g/mol. The normalized spacial score (nSPS) is 10.9. The third-order valence-electron chi connectivity index (χ3n) is 4.13. The molecule has 0 amide bonds. The van der Waals surface area contributed by atoms with Crippen LogP contribution in [0.1, 0.15) is 23.4 Å². The van der Waals surface area contributed by atoms with Gasteiger partial charge in [0.05, 0.1) is 24.1 Å². The van der Waals surface area contributed by atoms with Gasteiger partial charge in [-0.1, -0.05) is 41.9 Å². The number of rotatable bonds is 7. The van der Waals surface area contributed by atoms with Gasteiger partial charge in [0.2, 0.25) is 0 Å². The molecule has 26 heavy (non-hydrogen) atoms. The van der Waals surface area contributed by atoms with Crippen LogP contribution in [0.3, 0.4) is 0 Å². The molecule has 0 atom stereocenters. The number of benzene rings is 1. The van der Waals surface area contributed by atoms with Gasteiger partial charge in [0.25, 0.3) is 5.56 Å². The zero-order chi connectivity index (χ0) is 18.5. The third kappa shape index (κ3) is 4.32. The number of hydrogen-bond donors (Lipinski definition) is 1. The first-order valence-corrected chi connectivity index (χ1v) is 8.97. The van der Waals surface area contributed by atoms with Crippen LogP contribution in [-0.2, 0) is 13.1 Å². The summed E-state index contributed by atoms with van der Waals surface area (Å²) in [6.07, 6.45) is 2.47. The maximum Gasteiger partial charge on any atom is 0.287 e. The van der Waals surface area contributed by atoms with Gasteiger partial charge in [-0.3, -0.25) is 9.48 Å². The van der Waals surface area contributed by atoms with Gasteiger partial charge in [0.15, 0.2) is 0 Å². The SMILES string of the molecule is Cc1cc(C)n(CCCNc2cnn(Cc3ccccc3)c(=O)c2Cl)n1. The average Bonchev–Trinajstić information content (AvgIpc) is 2.96. The fourth-order valence-corrected chi connectivity index (χ4v) is 3.02. The van der Waals surface area contributed by atoms with E-state index in [1.54, 1.807) is 6.20 Å². The topological polar surface area (TPSA) is 64.7 Å². The lowest BCUT2D eigenvalue weighted by Gasteiger charge is -2.11. The number of anilines is 1. The molecule has 136 valence electrons. The molecule has 0 saturated carbocycles. The van der Waals surface area contributed by atoms with Crippen molar-refractivity contribution < 1.29 is 0 Å². The van der Waals surface area contributed by atoms with Crippen LogP contribution in [0.4, 0.5) is 5.69 Å². The zero-order valence-electron chi connectivity index (χ0n) is 14.9. The predicted molar refractivity (Wildman–Crippen MR) is 104 cm³/mol. The van der Waals surface area contributed by atoms with Crippen LogP contribution in [0.15, 0.2) is 47.4 Å². The lowest BCUT2D eigenvalue weighted by molar-refractivity contribution is 0.573. The quantitative estimate of drug-likeness (QED) is 0.647. The Labute approximate surface area is 157 Å². The summed E-state index contributed by atoms with van der Waals surface area (Å²) in [6, 6.07) is 11.8. The molecule has 0 aliphatic heterocycles. The summed E-state index contributed by atoms with van der Waals surface area (Å²) in [5, 5.41) is 12.0. The number of aryl methyl sites for hydroxylation is 3. The van der Waals surface area contributed by atoms with Crippen LogP contribution in [-0.4, -0.2) is 26.1 Å². The van der Waals surface area contributed by atoms with Crippen molar-refractivity contribution in [1.29, 1.82) is 0 Å². The van der Waals surface area contributed by atoms with Gasteiger partial charge >= 0.3 is 0 Å². The summed E-state index contributed by atoms with van der Waals surface area (Å²) < 4.78 is 3.35. The Morgan fingerprint density at radius 3 is 2.62 bits per heavy atom. The molecule has 0 saturated heterocycles. The van der Waals surface area contributed by atoms with Gasteiger partial charge < -0.3 is 5.32 Å². The van der Waals surface area contributed by atoms with Crippen molar-refractivity contribution in [2.24, 2.45) is 0 Å². The molecule has 2 heterocycles. The smallest absolute Gasteiger partial charge is 0.287 e. The number of hydrogen-bond acceptors (Lipinski definition) is 4. The molecule has 2 aromatic heterocycles. The molecule has 1 N–H and O–H groups in total. The minimum absolute atomic E-state index is 0.169. The van der Waals surface area contributed by atoms with Gasteiger partial charge in [-0.15, -0.1) is 0 Å². The minimum atomic E-state index is -0.293. The Balaban J connectivity index is 1.59. The summed E-state index contributed by atoms with van der Waals surface area (Å²) in [7, 11) is 0. The van der Waals surface area contributed by atoms with E-state index in [2.05, 4.69) is 21.6 Å². The molecule has 0 aliphatic rings. The molecule has 0 spiro atoms. The Kier molecular flexibility index (Phi) is 5.73. The third-order valence-corrected chi connectivity index (χ3v) is 4.49. The summed E-state index contributed by atoms with van der Waals surface area (Å²) in [4.78, 5) is 12.4. The zero-order valence-corrected chi connectivity index (χ0v) is 15.7. The molecule has 3 rings (SSSR count). The summed E-state index contributed by atoms with van der Waals surface area (Å²) in [6.45, 7) is 5.92. The van der Waals surface area contributed by atoms with E-state index in [0.29, 0.717) is 18.8 Å². The lowest BCUT2D eigenvalue weighted by Crippen LogP contribution is -2.25. The van der Waals surface area contributed by atoms with E-state index in [1.165, 1.54) is 4.68 Å². The highest BCUT2D eigenvalue weighted by atomic mass is 35.5. The van der Waals surface area contributed by atoms with Gasteiger partial charge in [0, 0.05) is 18.8 Å². The standard InChI is InChI=1S/C19H22ClN5O/c1-14-11-15(2)24(23-14)10-6-9-21-17-12-22-25(19(26)18(17)20)13-16-7-4-3-5-8-16/h3-5,7-8,11-12,21H,6,9-10,13H2,1-2H3. The van der Waals surface area contributed by atoms with Gasteiger partial charge in [-0.05, 0) is 31.9 Å². The average molecular weight is 372 g/mol. The Bertz CT molecular complexity index is 933. The van der Waals surface area contributed by atoms with Crippen LogP contribution in [0.5, 0.6) is 0 Å². The van der Waals surface area contributed by atoms with E-state index in [9.17, 15) is 4.79 Å². The lowest BCUT2D eigenvalue weighted by atomic mass is 10.2. The van der Waals surface area contributed by atoms with Crippen molar-refractivity contribution in [2.75, 3.05) is 11.9 Å². The van der Waals surface area contributed by atoms with E-state index >= 15 is 0 Å². The maximum atomic E-state index is 12.4. The van der Waals surface area contributed by atoms with Gasteiger partial charge in [-0.25, -0.2) is 4.68 Å². The fourth-order valence-electron chi connectivity index (χ4n) is 2.81. The molecule has 0 unspecified atom stereocenters. The molecule has 1 aromatic carbocycles. The van der Waals surface area contributed by atoms with Crippen molar-refractivity contribution >= 4 is 17.3 Å². The largest absolute Gasteiger partial charge is 0.382 e. The number of nitrogens with one attached hydrogen (secondary N) is 1. The second-order valence-corrected chi connectivity index (χ2v) is 6.63. The first kappa shape index (κ1) is 18.2. The van der Waals surface area contributed by atoms with Gasteiger partial charge in [-0.2, -0.15) is 10.2 Å². The van der Waals surface area contributed by atoms with E-state index < -0.39 is 0 Å². The summed E-state index contributed by atoms with van der Waals surface area (Å²) in [5.41, 5.74) is 3.44. The number of aromatic nitrogens is 4. The first-order valence-electron chi connectivity index (χ1n) is 8.59. The maximum absolute atomic E-state index is 12.4. The molecule has 3 aromatic rings. The van der Waals surface area contributed by atoms with Crippen molar-refractivity contribution in [3.8, 4) is 0 Å². The van der Waals surface area contributed by atoms with Crippen molar-refractivity contribution in [3.05, 3.63) is 74.9 Å². The molecule has 0 radical (unpaired) electrons.